The highest BCUT2D eigenvalue weighted by Gasteiger charge is 2.16. The van der Waals surface area contributed by atoms with Crippen molar-refractivity contribution in [2.45, 2.75) is 19.9 Å². The molecule has 7 nitrogen and oxygen atoms in total. The van der Waals surface area contributed by atoms with E-state index >= 15 is 0 Å². The van der Waals surface area contributed by atoms with E-state index < -0.39 is 5.91 Å². The molecule has 0 atom stereocenters. The Labute approximate surface area is 180 Å². The van der Waals surface area contributed by atoms with Crippen LogP contribution in [0.25, 0.3) is 17.3 Å². The number of carbonyl (C=O) groups is 1. The largest absolute Gasteiger partial charge is 0.492 e. The summed E-state index contributed by atoms with van der Waals surface area (Å²) in [4.78, 5) is 12.8. The lowest BCUT2D eigenvalue weighted by molar-refractivity contribution is -0.112. The predicted octanol–water partition coefficient (Wildman–Crippen LogP) is 4.41. The quantitative estimate of drug-likeness (QED) is 0.437. The third kappa shape index (κ3) is 5.37. The molecule has 1 N–H and O–H groups in total. The normalized spacial score (nSPS) is 10.7. The van der Waals surface area contributed by atoms with E-state index in [1.807, 2.05) is 49.4 Å². The fourth-order valence-electron chi connectivity index (χ4n) is 2.99. The van der Waals surface area contributed by atoms with Crippen LogP contribution in [0.1, 0.15) is 18.9 Å². The highest BCUT2D eigenvalue weighted by Crippen LogP contribution is 2.26. The number of nitrogens with one attached hydrogen (secondary N) is 1. The van der Waals surface area contributed by atoms with Crippen LogP contribution in [0.5, 0.6) is 5.75 Å². The van der Waals surface area contributed by atoms with Crippen LogP contribution < -0.4 is 10.1 Å². The zero-order valence-electron chi connectivity index (χ0n) is 17.1. The summed E-state index contributed by atoms with van der Waals surface area (Å²) in [6.45, 7) is 2.73. The number of carbonyl (C=O) groups excluding carboxylic acids is 1. The number of nitriles is 2. The number of hydrogen-bond acceptors (Lipinski definition) is 5. The van der Waals surface area contributed by atoms with Gasteiger partial charge < -0.3 is 10.1 Å². The number of aryl methyl sites for hydroxylation is 1. The second kappa shape index (κ2) is 10.4. The molecule has 31 heavy (non-hydrogen) atoms. The van der Waals surface area contributed by atoms with Crippen LogP contribution in [-0.2, 0) is 11.3 Å². The minimum Gasteiger partial charge on any atom is -0.492 e. The molecule has 0 saturated carbocycles. The molecule has 0 unspecified atom stereocenters. The summed E-state index contributed by atoms with van der Waals surface area (Å²) in [5.74, 6) is -0.0108. The predicted molar refractivity (Wildman–Crippen MR) is 118 cm³/mol. The van der Waals surface area contributed by atoms with Crippen LogP contribution in [0.2, 0.25) is 0 Å². The summed E-state index contributed by atoms with van der Waals surface area (Å²) < 4.78 is 7.18. The van der Waals surface area contributed by atoms with E-state index in [0.29, 0.717) is 42.3 Å². The lowest BCUT2D eigenvalue weighted by Gasteiger charge is -2.10. The van der Waals surface area contributed by atoms with E-state index in [2.05, 4.69) is 16.5 Å². The average molecular weight is 411 g/mol. The fraction of sp³-hybridized carbons (Fsp3) is 0.167. The van der Waals surface area contributed by atoms with Crippen LogP contribution >= 0.6 is 0 Å². The van der Waals surface area contributed by atoms with Crippen LogP contribution in [0.4, 0.5) is 5.69 Å². The first-order valence-electron chi connectivity index (χ1n) is 9.81. The van der Waals surface area contributed by atoms with Gasteiger partial charge in [0.2, 0.25) is 0 Å². The van der Waals surface area contributed by atoms with Gasteiger partial charge in [0.05, 0.1) is 37.0 Å². The number of hydrogen-bond donors (Lipinski definition) is 1. The van der Waals surface area contributed by atoms with Crippen molar-refractivity contribution < 1.29 is 9.53 Å². The second-order valence-electron chi connectivity index (χ2n) is 6.52. The van der Waals surface area contributed by atoms with Crippen molar-refractivity contribution in [3.05, 3.63) is 71.9 Å². The van der Waals surface area contributed by atoms with Gasteiger partial charge in [0.1, 0.15) is 17.4 Å². The Kier molecular flexibility index (Phi) is 7.18. The Morgan fingerprint density at radius 1 is 1.16 bits per heavy atom. The zero-order valence-corrected chi connectivity index (χ0v) is 17.1. The van der Waals surface area contributed by atoms with Gasteiger partial charge >= 0.3 is 0 Å². The van der Waals surface area contributed by atoms with Gasteiger partial charge in [0.15, 0.2) is 0 Å². The highest BCUT2D eigenvalue weighted by molar-refractivity contribution is 6.10. The first kappa shape index (κ1) is 21.4. The molecule has 0 fully saturated rings. The van der Waals surface area contributed by atoms with E-state index in [1.165, 1.54) is 6.08 Å². The summed E-state index contributed by atoms with van der Waals surface area (Å²) in [7, 11) is 0. The molecule has 0 aliphatic heterocycles. The number of rotatable bonds is 8. The molecule has 7 heteroatoms. The molecular weight excluding hydrogens is 390 g/mol. The molecular formula is C24H21N5O2. The van der Waals surface area contributed by atoms with Crippen LogP contribution in [0.15, 0.2) is 66.4 Å². The maximum absolute atomic E-state index is 12.8. The average Bonchev–Trinajstić information content (AvgIpc) is 3.20. The maximum Gasteiger partial charge on any atom is 0.266 e. The lowest BCUT2D eigenvalue weighted by atomic mass is 10.1. The van der Waals surface area contributed by atoms with Crippen LogP contribution in [-0.4, -0.2) is 22.3 Å². The van der Waals surface area contributed by atoms with Crippen molar-refractivity contribution >= 4 is 17.7 Å². The monoisotopic (exact) mass is 411 g/mol. The molecule has 1 aromatic heterocycles. The molecule has 1 amide bonds. The number of anilines is 1. The molecule has 154 valence electrons. The van der Waals surface area contributed by atoms with Crippen molar-refractivity contribution in [3.63, 3.8) is 0 Å². The molecule has 2 aromatic carbocycles. The van der Waals surface area contributed by atoms with Gasteiger partial charge in [-0.15, -0.1) is 0 Å². The Balaban J connectivity index is 1.95. The number of aromatic nitrogens is 2. The van der Waals surface area contributed by atoms with E-state index in [-0.39, 0.29) is 5.57 Å². The molecule has 0 bridgehead atoms. The highest BCUT2D eigenvalue weighted by atomic mass is 16.5. The van der Waals surface area contributed by atoms with Gasteiger partial charge in [-0.2, -0.15) is 15.6 Å². The Hall–Kier alpha value is -4.36. The molecule has 3 aromatic rings. The van der Waals surface area contributed by atoms with E-state index in [1.54, 1.807) is 29.1 Å². The minimum atomic E-state index is -0.543. The number of amides is 1. The first-order valence-corrected chi connectivity index (χ1v) is 9.81. The summed E-state index contributed by atoms with van der Waals surface area (Å²) >= 11 is 0. The zero-order chi connectivity index (χ0) is 22.1. The van der Waals surface area contributed by atoms with Gasteiger partial charge in [-0.3, -0.25) is 9.48 Å². The van der Waals surface area contributed by atoms with Crippen LogP contribution in [0, 0.1) is 22.7 Å². The Morgan fingerprint density at radius 2 is 1.90 bits per heavy atom. The Morgan fingerprint density at radius 3 is 2.61 bits per heavy atom. The number of benzene rings is 2. The summed E-state index contributed by atoms with van der Waals surface area (Å²) in [6.07, 6.45) is 3.55. The minimum absolute atomic E-state index is 0.0664. The first-order chi connectivity index (χ1) is 15.2. The molecule has 0 saturated heterocycles. The van der Waals surface area contributed by atoms with E-state index in [4.69, 9.17) is 10.00 Å². The van der Waals surface area contributed by atoms with Gasteiger partial charge in [-0.1, -0.05) is 42.5 Å². The van der Waals surface area contributed by atoms with Gasteiger partial charge in [-0.05, 0) is 25.1 Å². The molecule has 0 aliphatic rings. The summed E-state index contributed by atoms with van der Waals surface area (Å²) in [5, 5.41) is 25.8. The van der Waals surface area contributed by atoms with Crippen molar-refractivity contribution in [2.24, 2.45) is 0 Å². The van der Waals surface area contributed by atoms with Crippen molar-refractivity contribution in [3.8, 4) is 29.1 Å². The van der Waals surface area contributed by atoms with Crippen molar-refractivity contribution in [2.75, 3.05) is 11.9 Å². The number of nitrogens with zero attached hydrogens (tertiary/aromatic N) is 4. The topological polar surface area (TPSA) is 104 Å². The third-order valence-electron chi connectivity index (χ3n) is 4.39. The van der Waals surface area contributed by atoms with E-state index in [0.717, 1.165) is 5.56 Å². The summed E-state index contributed by atoms with van der Waals surface area (Å²) in [6, 6.07) is 20.6. The fourth-order valence-corrected chi connectivity index (χ4v) is 2.99. The molecule has 3 rings (SSSR count). The number of ether oxygens (including phenoxy) is 1. The molecule has 1 heterocycles. The van der Waals surface area contributed by atoms with Gasteiger partial charge in [0, 0.05) is 17.3 Å². The second-order valence-corrected chi connectivity index (χ2v) is 6.52. The smallest absolute Gasteiger partial charge is 0.266 e. The van der Waals surface area contributed by atoms with Gasteiger partial charge in [-0.25, -0.2) is 0 Å². The SMILES string of the molecule is CCOc1ccccc1NC(=O)/C(C#N)=C/c1cn(CCC#N)nc1-c1ccccc1. The van der Waals surface area contributed by atoms with E-state index in [9.17, 15) is 10.1 Å². The molecule has 0 radical (unpaired) electrons. The molecule has 0 aliphatic carbocycles. The van der Waals surface area contributed by atoms with Crippen LogP contribution in [0.3, 0.4) is 0 Å². The standard InChI is InChI=1S/C24H21N5O2/c1-2-31-22-12-7-6-11-21(22)27-24(30)19(16-26)15-20-17-29(14-8-13-25)28-23(20)18-9-4-3-5-10-18/h3-7,9-12,15,17H,2,8,14H2,1H3,(H,27,30)/b19-15+. The Bertz CT molecular complexity index is 1170. The number of para-hydroxylation sites is 2. The summed E-state index contributed by atoms with van der Waals surface area (Å²) in [5.41, 5.74) is 2.53. The third-order valence-corrected chi connectivity index (χ3v) is 4.39. The molecule has 0 spiro atoms. The van der Waals surface area contributed by atoms with Gasteiger partial charge in [0.25, 0.3) is 5.91 Å². The van der Waals surface area contributed by atoms with Crippen molar-refractivity contribution in [1.29, 1.82) is 10.5 Å². The maximum atomic E-state index is 12.8. The lowest BCUT2D eigenvalue weighted by Crippen LogP contribution is -2.14. The van der Waals surface area contributed by atoms with Crippen molar-refractivity contribution in [1.82, 2.24) is 9.78 Å².